The number of amides is 3. The Kier molecular flexibility index (Phi) is 5.86. The molecule has 7 heteroatoms. The lowest BCUT2D eigenvalue weighted by Gasteiger charge is -2.12. The Morgan fingerprint density at radius 2 is 1.50 bits per heavy atom. The van der Waals surface area contributed by atoms with E-state index in [1.54, 1.807) is 47.8 Å². The van der Waals surface area contributed by atoms with Crippen molar-refractivity contribution in [3.8, 4) is 0 Å². The third kappa shape index (κ3) is 4.44. The van der Waals surface area contributed by atoms with Crippen LogP contribution >= 0.6 is 11.3 Å². The van der Waals surface area contributed by atoms with Crippen LogP contribution < -0.4 is 16.2 Å². The maximum atomic E-state index is 12.5. The van der Waals surface area contributed by atoms with Crippen LogP contribution in [0.4, 0.5) is 5.69 Å². The first kappa shape index (κ1) is 19.3. The van der Waals surface area contributed by atoms with E-state index in [1.807, 2.05) is 26.0 Å². The molecule has 2 aromatic carbocycles. The molecule has 3 amide bonds. The molecule has 0 spiro atoms. The predicted molar refractivity (Wildman–Crippen MR) is 110 cm³/mol. The second-order valence-corrected chi connectivity index (χ2v) is 7.15. The van der Waals surface area contributed by atoms with Crippen LogP contribution in [0.25, 0.3) is 0 Å². The van der Waals surface area contributed by atoms with Crippen molar-refractivity contribution in [2.24, 2.45) is 0 Å². The van der Waals surface area contributed by atoms with Gasteiger partial charge in [0.05, 0.1) is 16.1 Å². The highest BCUT2D eigenvalue weighted by atomic mass is 32.1. The molecular weight excluding hydrogens is 374 g/mol. The molecule has 0 aliphatic heterocycles. The van der Waals surface area contributed by atoms with Gasteiger partial charge in [-0.05, 0) is 49.1 Å². The Hall–Kier alpha value is -3.45. The summed E-state index contributed by atoms with van der Waals surface area (Å²) in [7, 11) is 0. The lowest BCUT2D eigenvalue weighted by Crippen LogP contribution is -2.42. The molecule has 0 unspecified atom stereocenters. The quantitative estimate of drug-likeness (QED) is 0.591. The Labute approximate surface area is 166 Å². The number of hydrazine groups is 1. The Morgan fingerprint density at radius 1 is 0.786 bits per heavy atom. The molecule has 0 aliphatic rings. The molecule has 0 bridgehead atoms. The van der Waals surface area contributed by atoms with Gasteiger partial charge >= 0.3 is 0 Å². The zero-order chi connectivity index (χ0) is 20.1. The number of anilines is 1. The van der Waals surface area contributed by atoms with Crippen LogP contribution in [0.15, 0.2) is 60.0 Å². The second-order valence-electron chi connectivity index (χ2n) is 6.20. The predicted octanol–water partition coefficient (Wildman–Crippen LogP) is 3.69. The van der Waals surface area contributed by atoms with E-state index in [4.69, 9.17) is 0 Å². The molecule has 0 saturated heterocycles. The number of aryl methyl sites for hydroxylation is 2. The first-order valence-electron chi connectivity index (χ1n) is 8.57. The summed E-state index contributed by atoms with van der Waals surface area (Å²) >= 11 is 1.31. The van der Waals surface area contributed by atoms with E-state index in [2.05, 4.69) is 16.2 Å². The van der Waals surface area contributed by atoms with Crippen molar-refractivity contribution in [3.05, 3.63) is 87.1 Å². The van der Waals surface area contributed by atoms with E-state index in [0.717, 1.165) is 11.1 Å². The Bertz CT molecular complexity index is 1030. The van der Waals surface area contributed by atoms with Crippen LogP contribution in [0.3, 0.4) is 0 Å². The van der Waals surface area contributed by atoms with Crippen molar-refractivity contribution in [2.75, 3.05) is 5.32 Å². The monoisotopic (exact) mass is 393 g/mol. The molecule has 0 atom stereocenters. The van der Waals surface area contributed by atoms with Crippen molar-refractivity contribution in [1.29, 1.82) is 0 Å². The molecule has 0 radical (unpaired) electrons. The van der Waals surface area contributed by atoms with Crippen molar-refractivity contribution in [2.45, 2.75) is 13.8 Å². The third-order valence-electron chi connectivity index (χ3n) is 4.08. The minimum absolute atomic E-state index is 0.244. The van der Waals surface area contributed by atoms with E-state index < -0.39 is 11.8 Å². The Balaban J connectivity index is 1.69. The van der Waals surface area contributed by atoms with E-state index in [9.17, 15) is 14.4 Å². The van der Waals surface area contributed by atoms with Gasteiger partial charge in [-0.2, -0.15) is 0 Å². The molecule has 3 N–H and O–H groups in total. The molecule has 6 nitrogen and oxygen atoms in total. The number of hydrogen-bond donors (Lipinski definition) is 3. The molecule has 3 aromatic rings. The fourth-order valence-electron chi connectivity index (χ4n) is 2.70. The minimum atomic E-state index is -0.528. The molecule has 1 aromatic heterocycles. The molecule has 0 aliphatic carbocycles. The molecule has 0 fully saturated rings. The highest BCUT2D eigenvalue weighted by molar-refractivity contribution is 7.12. The van der Waals surface area contributed by atoms with Crippen molar-refractivity contribution in [3.63, 3.8) is 0 Å². The van der Waals surface area contributed by atoms with Gasteiger partial charge in [0, 0.05) is 5.56 Å². The van der Waals surface area contributed by atoms with Gasteiger partial charge in [0.25, 0.3) is 17.7 Å². The van der Waals surface area contributed by atoms with Gasteiger partial charge < -0.3 is 5.32 Å². The summed E-state index contributed by atoms with van der Waals surface area (Å²) in [6.07, 6.45) is 0. The number of benzene rings is 2. The van der Waals surface area contributed by atoms with Gasteiger partial charge in [-0.3, -0.25) is 25.2 Å². The molecule has 28 heavy (non-hydrogen) atoms. The van der Waals surface area contributed by atoms with Gasteiger partial charge in [-0.1, -0.05) is 35.9 Å². The first-order chi connectivity index (χ1) is 13.5. The van der Waals surface area contributed by atoms with Crippen LogP contribution in [0, 0.1) is 13.8 Å². The summed E-state index contributed by atoms with van der Waals surface area (Å²) in [6, 6.07) is 15.5. The smallest absolute Gasteiger partial charge is 0.271 e. The van der Waals surface area contributed by atoms with Crippen LogP contribution in [-0.2, 0) is 0 Å². The summed E-state index contributed by atoms with van der Waals surface area (Å²) < 4.78 is 0. The fraction of sp³-hybridized carbons (Fsp3) is 0.0952. The van der Waals surface area contributed by atoms with Crippen molar-refractivity contribution >= 4 is 34.7 Å². The first-order valence-corrected chi connectivity index (χ1v) is 9.45. The van der Waals surface area contributed by atoms with Crippen molar-refractivity contribution in [1.82, 2.24) is 10.9 Å². The van der Waals surface area contributed by atoms with E-state index in [0.29, 0.717) is 16.1 Å². The number of nitrogens with one attached hydrogen (secondary N) is 3. The summed E-state index contributed by atoms with van der Waals surface area (Å²) in [4.78, 5) is 37.7. The maximum Gasteiger partial charge on any atom is 0.271 e. The summed E-state index contributed by atoms with van der Waals surface area (Å²) in [5.74, 6) is -1.24. The average molecular weight is 393 g/mol. The second kappa shape index (κ2) is 8.49. The molecule has 1 heterocycles. The molecule has 0 saturated carbocycles. The number of rotatable bonds is 4. The van der Waals surface area contributed by atoms with Gasteiger partial charge in [0.2, 0.25) is 0 Å². The maximum absolute atomic E-state index is 12.5. The van der Waals surface area contributed by atoms with E-state index >= 15 is 0 Å². The fourth-order valence-corrected chi connectivity index (χ4v) is 3.32. The third-order valence-corrected chi connectivity index (χ3v) is 4.95. The van der Waals surface area contributed by atoms with Crippen LogP contribution in [-0.4, -0.2) is 17.7 Å². The normalized spacial score (nSPS) is 10.2. The highest BCUT2D eigenvalue weighted by Gasteiger charge is 2.16. The zero-order valence-corrected chi connectivity index (χ0v) is 16.2. The van der Waals surface area contributed by atoms with E-state index in [-0.39, 0.29) is 11.5 Å². The van der Waals surface area contributed by atoms with Gasteiger partial charge in [-0.25, -0.2) is 0 Å². The molecular formula is C21H19N3O3S. The highest BCUT2D eigenvalue weighted by Crippen LogP contribution is 2.18. The molecule has 3 rings (SSSR count). The minimum Gasteiger partial charge on any atom is -0.321 e. The van der Waals surface area contributed by atoms with Gasteiger partial charge in [0.15, 0.2) is 0 Å². The summed E-state index contributed by atoms with van der Waals surface area (Å²) in [5, 5.41) is 4.53. The number of carbonyl (C=O) groups excluding carboxylic acids is 3. The van der Waals surface area contributed by atoms with Gasteiger partial charge in [0.1, 0.15) is 0 Å². The van der Waals surface area contributed by atoms with Gasteiger partial charge in [-0.15, -0.1) is 11.3 Å². The number of hydrogen-bond acceptors (Lipinski definition) is 4. The average Bonchev–Trinajstić information content (AvgIpc) is 3.21. The Morgan fingerprint density at radius 3 is 2.18 bits per heavy atom. The summed E-state index contributed by atoms with van der Waals surface area (Å²) in [5.41, 5.74) is 7.76. The number of para-hydroxylation sites is 1. The standard InChI is InChI=1S/C21H19N3O3S/c1-13-9-10-15(14(2)12-13)19(25)23-24-20(26)16-6-3-4-7-17(16)22-21(27)18-8-5-11-28-18/h3-12H,1-2H3,(H,22,27)(H,23,25)(H,24,26). The number of thiophene rings is 1. The van der Waals surface area contributed by atoms with Crippen LogP contribution in [0.5, 0.6) is 0 Å². The lowest BCUT2D eigenvalue weighted by molar-refractivity contribution is 0.0846. The van der Waals surface area contributed by atoms with Crippen LogP contribution in [0.1, 0.15) is 41.5 Å². The SMILES string of the molecule is Cc1ccc(C(=O)NNC(=O)c2ccccc2NC(=O)c2cccs2)c(C)c1. The topological polar surface area (TPSA) is 87.3 Å². The van der Waals surface area contributed by atoms with Crippen LogP contribution in [0.2, 0.25) is 0 Å². The lowest BCUT2D eigenvalue weighted by atomic mass is 10.1. The number of carbonyl (C=O) groups is 3. The summed E-state index contributed by atoms with van der Waals surface area (Å²) in [6.45, 7) is 3.77. The van der Waals surface area contributed by atoms with E-state index in [1.165, 1.54) is 11.3 Å². The largest absolute Gasteiger partial charge is 0.321 e. The zero-order valence-electron chi connectivity index (χ0n) is 15.4. The molecule has 142 valence electrons. The van der Waals surface area contributed by atoms with Crippen molar-refractivity contribution < 1.29 is 14.4 Å².